The molecule has 1 aliphatic carbocycles. The van der Waals surface area contributed by atoms with Gasteiger partial charge in [-0.15, -0.1) is 11.3 Å². The molecular formula is C16H18N2OS. The molecule has 1 aliphatic heterocycles. The van der Waals surface area contributed by atoms with Gasteiger partial charge in [0.05, 0.1) is 6.04 Å². The van der Waals surface area contributed by atoms with E-state index in [0.29, 0.717) is 6.04 Å². The number of aromatic nitrogens is 1. The lowest BCUT2D eigenvalue weighted by Crippen LogP contribution is -2.12. The van der Waals surface area contributed by atoms with Crippen LogP contribution in [0.2, 0.25) is 0 Å². The van der Waals surface area contributed by atoms with Crippen molar-refractivity contribution in [1.29, 1.82) is 0 Å². The molecule has 1 aromatic heterocycles. The SMILES string of the molecule is c1cc(OCC2CN2CC2CC2)cc(-c2nccs2)c1. The lowest BCUT2D eigenvalue weighted by molar-refractivity contribution is 0.292. The Morgan fingerprint density at radius 3 is 3.10 bits per heavy atom. The highest BCUT2D eigenvalue weighted by Crippen LogP contribution is 2.34. The van der Waals surface area contributed by atoms with Gasteiger partial charge in [0.1, 0.15) is 17.4 Å². The Balaban J connectivity index is 1.34. The van der Waals surface area contributed by atoms with E-state index in [1.165, 1.54) is 25.9 Å². The summed E-state index contributed by atoms with van der Waals surface area (Å²) in [6.45, 7) is 3.31. The van der Waals surface area contributed by atoms with Crippen LogP contribution in [0.25, 0.3) is 10.6 Å². The lowest BCUT2D eigenvalue weighted by atomic mass is 10.2. The van der Waals surface area contributed by atoms with Crippen molar-refractivity contribution in [3.63, 3.8) is 0 Å². The van der Waals surface area contributed by atoms with E-state index in [1.54, 1.807) is 11.3 Å². The highest BCUT2D eigenvalue weighted by atomic mass is 32.1. The summed E-state index contributed by atoms with van der Waals surface area (Å²) in [5.74, 6) is 1.93. The fourth-order valence-electron chi connectivity index (χ4n) is 2.51. The molecule has 0 amide bonds. The van der Waals surface area contributed by atoms with E-state index in [-0.39, 0.29) is 0 Å². The molecule has 1 saturated carbocycles. The van der Waals surface area contributed by atoms with Crippen molar-refractivity contribution in [1.82, 2.24) is 9.88 Å². The number of thiazole rings is 1. The van der Waals surface area contributed by atoms with E-state index in [2.05, 4.69) is 22.0 Å². The summed E-state index contributed by atoms with van der Waals surface area (Å²) < 4.78 is 5.94. The second-order valence-corrected chi connectivity index (χ2v) is 6.62. The number of hydrogen-bond donors (Lipinski definition) is 0. The summed E-state index contributed by atoms with van der Waals surface area (Å²) in [4.78, 5) is 6.87. The van der Waals surface area contributed by atoms with Crippen LogP contribution in [0.1, 0.15) is 12.8 Å². The second-order valence-electron chi connectivity index (χ2n) is 5.73. The Hall–Kier alpha value is -1.39. The number of rotatable bonds is 6. The molecule has 2 fully saturated rings. The third-order valence-corrected chi connectivity index (χ3v) is 4.80. The van der Waals surface area contributed by atoms with Crippen LogP contribution in [0.3, 0.4) is 0 Å². The summed E-state index contributed by atoms with van der Waals surface area (Å²) in [7, 11) is 0. The van der Waals surface area contributed by atoms with Crippen molar-refractivity contribution in [3.05, 3.63) is 35.8 Å². The van der Waals surface area contributed by atoms with Gasteiger partial charge in [-0.05, 0) is 30.9 Å². The van der Waals surface area contributed by atoms with Crippen molar-refractivity contribution < 1.29 is 4.74 Å². The van der Waals surface area contributed by atoms with Crippen LogP contribution in [0.5, 0.6) is 5.75 Å². The highest BCUT2D eigenvalue weighted by Gasteiger charge is 2.38. The molecule has 1 aromatic carbocycles. The minimum Gasteiger partial charge on any atom is -0.492 e. The molecule has 1 saturated heterocycles. The predicted octanol–water partition coefficient (Wildman–Crippen LogP) is 3.28. The Morgan fingerprint density at radius 1 is 1.35 bits per heavy atom. The molecule has 2 unspecified atom stereocenters. The van der Waals surface area contributed by atoms with Crippen LogP contribution < -0.4 is 4.74 Å². The zero-order chi connectivity index (χ0) is 13.4. The van der Waals surface area contributed by atoms with Crippen LogP contribution in [0.15, 0.2) is 35.8 Å². The first-order valence-corrected chi connectivity index (χ1v) is 8.13. The largest absolute Gasteiger partial charge is 0.492 e. The number of nitrogens with zero attached hydrogens (tertiary/aromatic N) is 2. The van der Waals surface area contributed by atoms with Crippen molar-refractivity contribution in [2.45, 2.75) is 18.9 Å². The van der Waals surface area contributed by atoms with Gasteiger partial charge in [-0.1, -0.05) is 12.1 Å². The van der Waals surface area contributed by atoms with E-state index in [1.807, 2.05) is 23.7 Å². The van der Waals surface area contributed by atoms with Gasteiger partial charge in [0.15, 0.2) is 0 Å². The first-order valence-electron chi connectivity index (χ1n) is 7.25. The standard InChI is InChI=1S/C16H18N2OS/c1-2-13(16-17-6-7-20-16)8-15(3-1)19-11-14-10-18(14)9-12-4-5-12/h1-3,6-8,12,14H,4-5,9-11H2. The molecule has 2 atom stereocenters. The maximum atomic E-state index is 5.94. The summed E-state index contributed by atoms with van der Waals surface area (Å²) in [5.41, 5.74) is 1.14. The maximum absolute atomic E-state index is 5.94. The van der Waals surface area contributed by atoms with Gasteiger partial charge in [-0.3, -0.25) is 4.90 Å². The van der Waals surface area contributed by atoms with Crippen molar-refractivity contribution in [2.24, 2.45) is 5.92 Å². The highest BCUT2D eigenvalue weighted by molar-refractivity contribution is 7.13. The molecule has 104 valence electrons. The summed E-state index contributed by atoms with van der Waals surface area (Å²) in [5, 5.41) is 3.06. The van der Waals surface area contributed by atoms with Crippen molar-refractivity contribution in [2.75, 3.05) is 19.7 Å². The van der Waals surface area contributed by atoms with Crippen LogP contribution in [0.4, 0.5) is 0 Å². The fraction of sp³-hybridized carbons (Fsp3) is 0.438. The normalized spacial score (nSPS) is 24.6. The molecule has 2 heterocycles. The molecule has 0 bridgehead atoms. The fourth-order valence-corrected chi connectivity index (χ4v) is 3.15. The lowest BCUT2D eigenvalue weighted by Gasteiger charge is -2.07. The third kappa shape index (κ3) is 2.86. The predicted molar refractivity (Wildman–Crippen MR) is 81.1 cm³/mol. The van der Waals surface area contributed by atoms with Gasteiger partial charge >= 0.3 is 0 Å². The average Bonchev–Trinajstić information content (AvgIpc) is 3.38. The van der Waals surface area contributed by atoms with Crippen LogP contribution in [-0.4, -0.2) is 35.6 Å². The first-order chi connectivity index (χ1) is 9.88. The minimum absolute atomic E-state index is 0.638. The second kappa shape index (κ2) is 5.19. The van der Waals surface area contributed by atoms with Gasteiger partial charge in [0, 0.05) is 30.2 Å². The summed E-state index contributed by atoms with van der Waals surface area (Å²) in [6, 6.07) is 8.89. The Morgan fingerprint density at radius 2 is 2.30 bits per heavy atom. The molecule has 4 rings (SSSR count). The molecule has 2 aliphatic rings. The quantitative estimate of drug-likeness (QED) is 0.762. The Kier molecular flexibility index (Phi) is 3.20. The molecular weight excluding hydrogens is 268 g/mol. The summed E-state index contributed by atoms with van der Waals surface area (Å²) in [6.07, 6.45) is 4.70. The van der Waals surface area contributed by atoms with Crippen LogP contribution >= 0.6 is 11.3 Å². The number of ether oxygens (including phenoxy) is 1. The van der Waals surface area contributed by atoms with Crippen LogP contribution in [-0.2, 0) is 0 Å². The average molecular weight is 286 g/mol. The van der Waals surface area contributed by atoms with E-state index in [4.69, 9.17) is 4.74 Å². The maximum Gasteiger partial charge on any atom is 0.123 e. The molecule has 2 aromatic rings. The summed E-state index contributed by atoms with van der Waals surface area (Å²) >= 11 is 1.66. The van der Waals surface area contributed by atoms with Crippen molar-refractivity contribution >= 4 is 11.3 Å². The van der Waals surface area contributed by atoms with E-state index in [0.717, 1.165) is 28.8 Å². The molecule has 0 spiro atoms. The minimum atomic E-state index is 0.638. The third-order valence-electron chi connectivity index (χ3n) is 3.97. The van der Waals surface area contributed by atoms with Crippen LogP contribution in [0, 0.1) is 5.92 Å². The van der Waals surface area contributed by atoms with Gasteiger partial charge in [-0.25, -0.2) is 4.98 Å². The van der Waals surface area contributed by atoms with Gasteiger partial charge in [0.2, 0.25) is 0 Å². The van der Waals surface area contributed by atoms with E-state index < -0.39 is 0 Å². The first kappa shape index (κ1) is 12.4. The van der Waals surface area contributed by atoms with E-state index in [9.17, 15) is 0 Å². The Bertz CT molecular complexity index is 580. The van der Waals surface area contributed by atoms with Gasteiger partial charge < -0.3 is 4.74 Å². The topological polar surface area (TPSA) is 25.1 Å². The van der Waals surface area contributed by atoms with Gasteiger partial charge in [-0.2, -0.15) is 0 Å². The molecule has 3 nitrogen and oxygen atoms in total. The van der Waals surface area contributed by atoms with E-state index >= 15 is 0 Å². The smallest absolute Gasteiger partial charge is 0.123 e. The molecule has 20 heavy (non-hydrogen) atoms. The van der Waals surface area contributed by atoms with Crippen molar-refractivity contribution in [3.8, 4) is 16.3 Å². The van der Waals surface area contributed by atoms with Gasteiger partial charge in [0.25, 0.3) is 0 Å². The zero-order valence-corrected chi connectivity index (χ0v) is 12.2. The Labute approximate surface area is 123 Å². The number of hydrogen-bond acceptors (Lipinski definition) is 4. The monoisotopic (exact) mass is 286 g/mol. The molecule has 0 N–H and O–H groups in total. The molecule has 4 heteroatoms. The number of benzene rings is 1. The zero-order valence-electron chi connectivity index (χ0n) is 11.4. The molecule has 0 radical (unpaired) electrons.